The average molecular weight is 331 g/mol. The van der Waals surface area contributed by atoms with E-state index < -0.39 is 14.9 Å². The van der Waals surface area contributed by atoms with Crippen molar-refractivity contribution in [2.75, 3.05) is 6.54 Å². The van der Waals surface area contributed by atoms with E-state index in [4.69, 9.17) is 11.6 Å². The van der Waals surface area contributed by atoms with Gasteiger partial charge in [0.25, 0.3) is 5.69 Å². The molecule has 0 saturated carbocycles. The predicted octanol–water partition coefficient (Wildman–Crippen LogP) is 1.42. The third kappa shape index (κ3) is 4.00. The van der Waals surface area contributed by atoms with E-state index in [2.05, 4.69) is 9.82 Å². The van der Waals surface area contributed by atoms with E-state index >= 15 is 0 Å². The lowest BCUT2D eigenvalue weighted by molar-refractivity contribution is -0.384. The van der Waals surface area contributed by atoms with Crippen LogP contribution in [-0.2, 0) is 16.6 Å². The summed E-state index contributed by atoms with van der Waals surface area (Å²) >= 11 is 5.69. The summed E-state index contributed by atoms with van der Waals surface area (Å²) in [5, 5.41) is 14.9. The fraction of sp³-hybridized carbons (Fsp3) is 0.182. The van der Waals surface area contributed by atoms with E-state index in [1.165, 1.54) is 23.0 Å². The maximum absolute atomic E-state index is 12.0. The Labute approximate surface area is 125 Å². The number of nitro groups is 1. The third-order valence-corrected chi connectivity index (χ3v) is 4.26. The molecule has 0 unspecified atom stereocenters. The summed E-state index contributed by atoms with van der Waals surface area (Å²) < 4.78 is 27.8. The Hall–Kier alpha value is -1.97. The molecule has 1 N–H and O–H groups in total. The summed E-state index contributed by atoms with van der Waals surface area (Å²) in [6.45, 7) is 0.441. The molecular weight excluding hydrogens is 320 g/mol. The summed E-state index contributed by atoms with van der Waals surface area (Å²) in [7, 11) is -3.71. The molecule has 0 spiro atoms. The number of benzene rings is 1. The van der Waals surface area contributed by atoms with Crippen LogP contribution < -0.4 is 4.72 Å². The molecule has 1 aromatic carbocycles. The van der Waals surface area contributed by atoms with Crippen LogP contribution in [-0.4, -0.2) is 29.7 Å². The van der Waals surface area contributed by atoms with Gasteiger partial charge in [-0.05, 0) is 12.1 Å². The van der Waals surface area contributed by atoms with Crippen molar-refractivity contribution < 1.29 is 13.3 Å². The first-order chi connectivity index (χ1) is 9.88. The summed E-state index contributed by atoms with van der Waals surface area (Å²) in [6.07, 6.45) is 3.02. The highest BCUT2D eigenvalue weighted by molar-refractivity contribution is 7.89. The van der Waals surface area contributed by atoms with Crippen molar-refractivity contribution in [2.24, 2.45) is 0 Å². The van der Waals surface area contributed by atoms with Gasteiger partial charge in [-0.1, -0.05) is 11.6 Å². The van der Waals surface area contributed by atoms with Crippen molar-refractivity contribution in [1.82, 2.24) is 14.5 Å². The Morgan fingerprint density at radius 3 is 2.52 bits per heavy atom. The third-order valence-electron chi connectivity index (χ3n) is 2.59. The Morgan fingerprint density at radius 1 is 1.33 bits per heavy atom. The molecule has 0 atom stereocenters. The Morgan fingerprint density at radius 2 is 2.00 bits per heavy atom. The molecule has 1 aromatic heterocycles. The Kier molecular flexibility index (Phi) is 4.56. The van der Waals surface area contributed by atoms with Gasteiger partial charge >= 0.3 is 0 Å². The minimum absolute atomic E-state index is 0.0356. The zero-order valence-corrected chi connectivity index (χ0v) is 12.2. The molecule has 0 bridgehead atoms. The number of nitrogens with one attached hydrogen (secondary N) is 1. The maximum Gasteiger partial charge on any atom is 0.269 e. The van der Waals surface area contributed by atoms with Gasteiger partial charge in [0.05, 0.1) is 27.6 Å². The van der Waals surface area contributed by atoms with Crippen molar-refractivity contribution >= 4 is 27.3 Å². The monoisotopic (exact) mass is 330 g/mol. The lowest BCUT2D eigenvalue weighted by Crippen LogP contribution is -2.27. The number of hydrogen-bond donors (Lipinski definition) is 1. The zero-order chi connectivity index (χ0) is 15.5. The molecule has 21 heavy (non-hydrogen) atoms. The molecule has 10 heteroatoms. The summed E-state index contributed by atoms with van der Waals surface area (Å²) in [6, 6.07) is 4.65. The first-order valence-corrected chi connectivity index (χ1v) is 7.67. The molecule has 0 radical (unpaired) electrons. The second-order valence-corrected chi connectivity index (χ2v) is 6.27. The van der Waals surface area contributed by atoms with Crippen LogP contribution in [0.4, 0.5) is 5.69 Å². The van der Waals surface area contributed by atoms with E-state index in [1.807, 2.05) is 0 Å². The number of nitrogens with zero attached hydrogens (tertiary/aromatic N) is 3. The second-order valence-electron chi connectivity index (χ2n) is 4.07. The first-order valence-electron chi connectivity index (χ1n) is 5.80. The number of rotatable bonds is 6. The van der Waals surface area contributed by atoms with Gasteiger partial charge in [-0.15, -0.1) is 0 Å². The van der Waals surface area contributed by atoms with Crippen molar-refractivity contribution in [2.45, 2.75) is 11.4 Å². The lowest BCUT2D eigenvalue weighted by atomic mass is 10.3. The summed E-state index contributed by atoms with van der Waals surface area (Å²) in [5.74, 6) is 0. The normalized spacial score (nSPS) is 11.5. The molecule has 0 aliphatic heterocycles. The van der Waals surface area contributed by atoms with E-state index in [-0.39, 0.29) is 17.1 Å². The molecule has 8 nitrogen and oxygen atoms in total. The van der Waals surface area contributed by atoms with Crippen LogP contribution >= 0.6 is 11.6 Å². The lowest BCUT2D eigenvalue weighted by Gasteiger charge is -2.06. The van der Waals surface area contributed by atoms with Gasteiger partial charge in [-0.2, -0.15) is 5.10 Å². The molecule has 0 aliphatic rings. The standard InChI is InChI=1S/C11H11ClN4O4S/c12-9-7-13-15(8-9)6-5-14-21(19,20)11-3-1-10(2-4-11)16(17)18/h1-4,7-8,14H,5-6H2. The predicted molar refractivity (Wildman–Crippen MR) is 75.5 cm³/mol. The van der Waals surface area contributed by atoms with Gasteiger partial charge in [0.2, 0.25) is 10.0 Å². The molecule has 0 fully saturated rings. The highest BCUT2D eigenvalue weighted by Crippen LogP contribution is 2.15. The molecule has 2 aromatic rings. The smallest absolute Gasteiger partial charge is 0.269 e. The van der Waals surface area contributed by atoms with Crippen LogP contribution in [0.1, 0.15) is 0 Å². The number of halogens is 1. The van der Waals surface area contributed by atoms with E-state index in [1.54, 1.807) is 6.20 Å². The summed E-state index contributed by atoms with van der Waals surface area (Å²) in [5.41, 5.74) is -0.167. The van der Waals surface area contributed by atoms with Crippen LogP contribution in [0.3, 0.4) is 0 Å². The quantitative estimate of drug-likeness (QED) is 0.636. The minimum atomic E-state index is -3.71. The number of aromatic nitrogens is 2. The van der Waals surface area contributed by atoms with Gasteiger partial charge in [0, 0.05) is 24.9 Å². The molecule has 2 rings (SSSR count). The Bertz CT molecular complexity index is 742. The minimum Gasteiger partial charge on any atom is -0.270 e. The zero-order valence-electron chi connectivity index (χ0n) is 10.6. The van der Waals surface area contributed by atoms with Crippen LogP contribution in [0.2, 0.25) is 5.02 Å². The van der Waals surface area contributed by atoms with Crippen molar-refractivity contribution in [3.05, 3.63) is 51.8 Å². The van der Waals surface area contributed by atoms with Crippen LogP contribution in [0, 0.1) is 10.1 Å². The highest BCUT2D eigenvalue weighted by atomic mass is 35.5. The molecule has 1 heterocycles. The van der Waals surface area contributed by atoms with Gasteiger partial charge in [0.1, 0.15) is 0 Å². The number of non-ortho nitro benzene ring substituents is 1. The number of hydrogen-bond acceptors (Lipinski definition) is 5. The maximum atomic E-state index is 12.0. The highest BCUT2D eigenvalue weighted by Gasteiger charge is 2.15. The van der Waals surface area contributed by atoms with Gasteiger partial charge in [0.15, 0.2) is 0 Å². The Balaban J connectivity index is 1.99. The first kappa shape index (κ1) is 15.4. The fourth-order valence-corrected chi connectivity index (χ4v) is 2.76. The topological polar surface area (TPSA) is 107 Å². The number of nitro benzene ring substituents is 1. The second kappa shape index (κ2) is 6.20. The molecular formula is C11H11ClN4O4S. The van der Waals surface area contributed by atoms with Crippen LogP contribution in [0.15, 0.2) is 41.6 Å². The van der Waals surface area contributed by atoms with E-state index in [9.17, 15) is 18.5 Å². The van der Waals surface area contributed by atoms with Crippen molar-refractivity contribution in [3.63, 3.8) is 0 Å². The molecule has 112 valence electrons. The SMILES string of the molecule is O=[N+]([O-])c1ccc(S(=O)(=O)NCCn2cc(Cl)cn2)cc1. The molecule has 0 aliphatic carbocycles. The van der Waals surface area contributed by atoms with Crippen LogP contribution in [0.25, 0.3) is 0 Å². The van der Waals surface area contributed by atoms with Gasteiger partial charge < -0.3 is 0 Å². The fourth-order valence-electron chi connectivity index (χ4n) is 1.59. The summed E-state index contributed by atoms with van der Waals surface area (Å²) in [4.78, 5) is 9.89. The average Bonchev–Trinajstić information content (AvgIpc) is 2.84. The van der Waals surface area contributed by atoms with Crippen molar-refractivity contribution in [1.29, 1.82) is 0 Å². The van der Waals surface area contributed by atoms with Gasteiger partial charge in [-0.3, -0.25) is 14.8 Å². The largest absolute Gasteiger partial charge is 0.270 e. The van der Waals surface area contributed by atoms with E-state index in [0.29, 0.717) is 11.6 Å². The van der Waals surface area contributed by atoms with E-state index in [0.717, 1.165) is 12.1 Å². The molecule has 0 amide bonds. The number of sulfonamides is 1. The van der Waals surface area contributed by atoms with Crippen LogP contribution in [0.5, 0.6) is 0 Å². The van der Waals surface area contributed by atoms with Crippen molar-refractivity contribution in [3.8, 4) is 0 Å². The molecule has 0 saturated heterocycles. The van der Waals surface area contributed by atoms with Gasteiger partial charge in [-0.25, -0.2) is 13.1 Å².